The lowest BCUT2D eigenvalue weighted by molar-refractivity contribution is -0.121. The fraction of sp³-hybridized carbons (Fsp3) is 0.406. The molecule has 2 aliphatic heterocycles. The average Bonchev–Trinajstić information content (AvgIpc) is 3.26. The van der Waals surface area contributed by atoms with Crippen molar-refractivity contribution in [3.05, 3.63) is 76.6 Å². The summed E-state index contributed by atoms with van der Waals surface area (Å²) in [5.41, 5.74) is -1.04. The van der Waals surface area contributed by atoms with E-state index in [4.69, 9.17) is 25.8 Å². The number of rotatable bonds is 11. The summed E-state index contributed by atoms with van der Waals surface area (Å²) in [5.74, 6) is -0.748. The number of amides is 1. The van der Waals surface area contributed by atoms with Crippen molar-refractivity contribution in [1.82, 2.24) is 9.80 Å². The van der Waals surface area contributed by atoms with E-state index < -0.39 is 27.2 Å². The third kappa shape index (κ3) is 6.20. The van der Waals surface area contributed by atoms with Crippen molar-refractivity contribution in [2.24, 2.45) is 0 Å². The van der Waals surface area contributed by atoms with Gasteiger partial charge >= 0.3 is 0 Å². The molecule has 0 radical (unpaired) electrons. The third-order valence-corrected chi connectivity index (χ3v) is 10.7. The first-order valence-corrected chi connectivity index (χ1v) is 16.3. The van der Waals surface area contributed by atoms with Crippen molar-refractivity contribution in [3.8, 4) is 17.2 Å². The number of fused-ring (bicyclic) bond motifs is 1. The number of nitrogens with zero attached hydrogens (tertiary/aromatic N) is 3. The number of anilines is 1. The standard InChI is InChI=1S/C32H37ClFN3O6S.ClH/c1-5-43-27-13-14-28(29(33)30(27)42-4)44(39,40)37-26-21-22(41-3)11-12-24(26)32(31(37)38,23-9-6-7-10-25(23)34)15-8-16-36-19-17-35(2)18-20-36;/h6-7,9-14,21H,5,8,15-20H2,1-4H3;1H. The molecule has 0 bridgehead atoms. The van der Waals surface area contributed by atoms with Crippen molar-refractivity contribution in [3.63, 3.8) is 0 Å². The summed E-state index contributed by atoms with van der Waals surface area (Å²) in [5, 5.41) is -0.228. The van der Waals surface area contributed by atoms with Gasteiger partial charge in [-0.3, -0.25) is 4.79 Å². The molecule has 0 spiro atoms. The topological polar surface area (TPSA) is 88.6 Å². The lowest BCUT2D eigenvalue weighted by Crippen LogP contribution is -2.46. The Balaban J connectivity index is 0.00000461. The van der Waals surface area contributed by atoms with Crippen LogP contribution in [0.1, 0.15) is 30.9 Å². The highest BCUT2D eigenvalue weighted by Gasteiger charge is 2.57. The monoisotopic (exact) mass is 681 g/mol. The van der Waals surface area contributed by atoms with E-state index in [2.05, 4.69) is 16.8 Å². The van der Waals surface area contributed by atoms with E-state index in [0.717, 1.165) is 30.5 Å². The first-order valence-electron chi connectivity index (χ1n) is 14.5. The van der Waals surface area contributed by atoms with E-state index in [9.17, 15) is 13.2 Å². The van der Waals surface area contributed by atoms with Gasteiger partial charge in [-0.1, -0.05) is 35.9 Å². The Morgan fingerprint density at radius 3 is 2.33 bits per heavy atom. The number of hydrogen-bond donors (Lipinski definition) is 0. The number of hydrogen-bond acceptors (Lipinski definition) is 8. The number of piperazine rings is 1. The Kier molecular flexibility index (Phi) is 10.9. The summed E-state index contributed by atoms with van der Waals surface area (Å²) in [7, 11) is 0.237. The summed E-state index contributed by atoms with van der Waals surface area (Å²) in [6, 6.07) is 13.6. The van der Waals surface area contributed by atoms with Crippen LogP contribution in [-0.2, 0) is 20.2 Å². The maximum atomic E-state index is 15.7. The lowest BCUT2D eigenvalue weighted by atomic mass is 9.72. The molecule has 2 heterocycles. The summed E-state index contributed by atoms with van der Waals surface area (Å²) < 4.78 is 61.9. The van der Waals surface area contributed by atoms with Gasteiger partial charge in [-0.25, -0.2) is 17.1 Å². The first kappa shape index (κ1) is 34.8. The van der Waals surface area contributed by atoms with Crippen LogP contribution in [0, 0.1) is 5.82 Å². The summed E-state index contributed by atoms with van der Waals surface area (Å²) in [6.07, 6.45) is 0.714. The Morgan fingerprint density at radius 2 is 1.69 bits per heavy atom. The molecule has 0 N–H and O–H groups in total. The fourth-order valence-electron chi connectivity index (χ4n) is 6.16. The minimum atomic E-state index is -4.64. The van der Waals surface area contributed by atoms with E-state index in [-0.39, 0.29) is 51.5 Å². The Bertz CT molecular complexity index is 1650. The average molecular weight is 683 g/mol. The Labute approximate surface area is 275 Å². The zero-order chi connectivity index (χ0) is 31.6. The van der Waals surface area contributed by atoms with Crippen LogP contribution in [0.3, 0.4) is 0 Å². The highest BCUT2D eigenvalue weighted by Crippen LogP contribution is 2.53. The van der Waals surface area contributed by atoms with Crippen molar-refractivity contribution in [1.29, 1.82) is 0 Å². The van der Waals surface area contributed by atoms with Crippen LogP contribution < -0.4 is 18.5 Å². The Morgan fingerprint density at radius 1 is 0.978 bits per heavy atom. The maximum absolute atomic E-state index is 15.7. The van der Waals surface area contributed by atoms with Crippen LogP contribution >= 0.6 is 24.0 Å². The Hall–Kier alpha value is -3.09. The molecule has 244 valence electrons. The summed E-state index contributed by atoms with van der Waals surface area (Å²) in [6.45, 7) is 6.37. The summed E-state index contributed by atoms with van der Waals surface area (Å²) in [4.78, 5) is 19.1. The van der Waals surface area contributed by atoms with Gasteiger partial charge in [0.2, 0.25) is 0 Å². The molecule has 1 unspecified atom stereocenters. The molecule has 1 saturated heterocycles. The molecular weight excluding hydrogens is 644 g/mol. The van der Waals surface area contributed by atoms with Crippen LogP contribution in [0.5, 0.6) is 17.2 Å². The quantitative estimate of drug-likeness (QED) is 0.267. The van der Waals surface area contributed by atoms with Crippen molar-refractivity contribution >= 4 is 45.6 Å². The van der Waals surface area contributed by atoms with E-state index in [1.165, 1.54) is 38.5 Å². The second-order valence-electron chi connectivity index (χ2n) is 10.9. The van der Waals surface area contributed by atoms with Gasteiger partial charge in [-0.15, -0.1) is 12.4 Å². The lowest BCUT2D eigenvalue weighted by Gasteiger charge is -2.34. The largest absolute Gasteiger partial charge is 0.497 e. The van der Waals surface area contributed by atoms with Crippen molar-refractivity contribution in [2.45, 2.75) is 30.1 Å². The highest BCUT2D eigenvalue weighted by molar-refractivity contribution is 7.93. The number of carbonyl (C=O) groups is 1. The molecular formula is C32H38Cl2FN3O6S. The molecule has 1 amide bonds. The van der Waals surface area contributed by atoms with E-state index in [0.29, 0.717) is 30.9 Å². The van der Waals surface area contributed by atoms with Gasteiger partial charge < -0.3 is 24.0 Å². The number of methoxy groups -OCH3 is 2. The first-order chi connectivity index (χ1) is 21.1. The van der Waals surface area contributed by atoms with Gasteiger partial charge in [0.1, 0.15) is 26.9 Å². The number of halogens is 3. The van der Waals surface area contributed by atoms with Crippen LogP contribution in [0.25, 0.3) is 0 Å². The van der Waals surface area contributed by atoms with Crippen molar-refractivity contribution in [2.75, 3.05) is 64.9 Å². The fourth-order valence-corrected chi connectivity index (χ4v) is 8.23. The molecule has 45 heavy (non-hydrogen) atoms. The normalized spacial score (nSPS) is 18.8. The number of ether oxygens (including phenoxy) is 3. The molecule has 3 aromatic carbocycles. The van der Waals surface area contributed by atoms with Gasteiger partial charge in [0.25, 0.3) is 15.9 Å². The molecule has 3 aromatic rings. The van der Waals surface area contributed by atoms with Gasteiger partial charge in [-0.05, 0) is 63.2 Å². The molecule has 5 rings (SSSR count). The van der Waals surface area contributed by atoms with Gasteiger partial charge in [0, 0.05) is 37.8 Å². The predicted octanol–water partition coefficient (Wildman–Crippen LogP) is 5.37. The SMILES string of the molecule is CCOc1ccc(S(=O)(=O)N2C(=O)C(CCCN3CCN(C)CC3)(c3ccccc3F)c3ccc(OC)cc32)c(Cl)c1OC.Cl. The van der Waals surface area contributed by atoms with Crippen LogP contribution in [0.2, 0.25) is 5.02 Å². The zero-order valence-corrected chi connectivity index (χ0v) is 28.1. The van der Waals surface area contributed by atoms with E-state index in [1.807, 2.05) is 0 Å². The van der Waals surface area contributed by atoms with E-state index >= 15 is 4.39 Å². The molecule has 1 atom stereocenters. The maximum Gasteiger partial charge on any atom is 0.272 e. The summed E-state index contributed by atoms with van der Waals surface area (Å²) >= 11 is 6.62. The molecule has 2 aliphatic rings. The molecule has 13 heteroatoms. The van der Waals surface area contributed by atoms with Crippen LogP contribution in [0.15, 0.2) is 59.5 Å². The molecule has 0 aromatic heterocycles. The van der Waals surface area contributed by atoms with Gasteiger partial charge in [0.05, 0.1) is 26.5 Å². The number of likely N-dealkylation sites (N-methyl/N-ethyl adjacent to an activating group) is 1. The zero-order valence-electron chi connectivity index (χ0n) is 25.7. The molecule has 1 fully saturated rings. The molecule has 0 aliphatic carbocycles. The number of carbonyl (C=O) groups excluding carboxylic acids is 1. The van der Waals surface area contributed by atoms with E-state index in [1.54, 1.807) is 37.3 Å². The minimum Gasteiger partial charge on any atom is -0.497 e. The smallest absolute Gasteiger partial charge is 0.272 e. The number of benzene rings is 3. The second kappa shape index (κ2) is 14.1. The third-order valence-electron chi connectivity index (χ3n) is 8.44. The van der Waals surface area contributed by atoms with Gasteiger partial charge in [-0.2, -0.15) is 0 Å². The molecule has 0 saturated carbocycles. The second-order valence-corrected chi connectivity index (χ2v) is 13.1. The highest BCUT2D eigenvalue weighted by atomic mass is 35.5. The van der Waals surface area contributed by atoms with Crippen LogP contribution in [-0.4, -0.2) is 84.7 Å². The molecule has 9 nitrogen and oxygen atoms in total. The van der Waals surface area contributed by atoms with Gasteiger partial charge in [0.15, 0.2) is 11.5 Å². The van der Waals surface area contributed by atoms with Crippen molar-refractivity contribution < 1.29 is 31.8 Å². The van der Waals surface area contributed by atoms with Crippen LogP contribution in [0.4, 0.5) is 10.1 Å². The predicted molar refractivity (Wildman–Crippen MR) is 174 cm³/mol. The number of sulfonamides is 1. The minimum absolute atomic E-state index is 0.